The van der Waals surface area contributed by atoms with Crippen molar-refractivity contribution in [1.29, 1.82) is 0 Å². The molecule has 4 aliphatic rings. The third kappa shape index (κ3) is 1.61. The SMILES string of the molecule is COc1ccc2c3c1OC1C(OC)(OC)C=CC4(Cl)[C@@H](C2)N(C)CC[C@]314. The number of hydrogen-bond acceptors (Lipinski definition) is 5. The summed E-state index contributed by atoms with van der Waals surface area (Å²) >= 11 is 7.46. The second-order valence-electron chi connectivity index (χ2n) is 7.78. The first-order chi connectivity index (χ1) is 12.5. The summed E-state index contributed by atoms with van der Waals surface area (Å²) in [5.41, 5.74) is 2.06. The molecule has 2 bridgehead atoms. The lowest BCUT2D eigenvalue weighted by molar-refractivity contribution is -0.241. The van der Waals surface area contributed by atoms with Gasteiger partial charge in [-0.2, -0.15) is 0 Å². The van der Waals surface area contributed by atoms with E-state index < -0.39 is 16.1 Å². The Hall–Kier alpha value is -1.27. The molecule has 140 valence electrons. The molecule has 4 atom stereocenters. The van der Waals surface area contributed by atoms with Gasteiger partial charge in [0.2, 0.25) is 5.79 Å². The molecular weight excluding hydrogens is 354 g/mol. The number of methoxy groups -OCH3 is 3. The lowest BCUT2D eigenvalue weighted by Gasteiger charge is -2.62. The van der Waals surface area contributed by atoms with Crippen LogP contribution in [0.5, 0.6) is 11.5 Å². The van der Waals surface area contributed by atoms with E-state index in [4.69, 9.17) is 30.5 Å². The van der Waals surface area contributed by atoms with Crippen molar-refractivity contribution in [2.75, 3.05) is 34.9 Å². The number of halogens is 1. The molecule has 0 radical (unpaired) electrons. The molecule has 5 nitrogen and oxygen atoms in total. The summed E-state index contributed by atoms with van der Waals surface area (Å²) in [7, 11) is 7.15. The third-order valence-corrected chi connectivity index (χ3v) is 7.81. The lowest BCUT2D eigenvalue weighted by atomic mass is 9.52. The molecule has 1 spiro atoms. The quantitative estimate of drug-likeness (QED) is 0.460. The fourth-order valence-electron chi connectivity index (χ4n) is 5.81. The number of rotatable bonds is 3. The van der Waals surface area contributed by atoms with Crippen molar-refractivity contribution < 1.29 is 18.9 Å². The van der Waals surface area contributed by atoms with Gasteiger partial charge in [0.1, 0.15) is 0 Å². The highest BCUT2D eigenvalue weighted by Crippen LogP contribution is 2.67. The van der Waals surface area contributed by atoms with Crippen molar-refractivity contribution in [1.82, 2.24) is 4.90 Å². The van der Waals surface area contributed by atoms with Crippen LogP contribution in [0.3, 0.4) is 0 Å². The number of alkyl halides is 1. The number of hydrogen-bond donors (Lipinski definition) is 0. The molecule has 0 saturated carbocycles. The van der Waals surface area contributed by atoms with Gasteiger partial charge < -0.3 is 23.8 Å². The maximum atomic E-state index is 7.46. The topological polar surface area (TPSA) is 40.2 Å². The first-order valence-corrected chi connectivity index (χ1v) is 9.42. The van der Waals surface area contributed by atoms with Crippen molar-refractivity contribution in [3.05, 3.63) is 35.4 Å². The predicted octanol–water partition coefficient (Wildman–Crippen LogP) is 2.49. The van der Waals surface area contributed by atoms with Crippen LogP contribution in [0.2, 0.25) is 0 Å². The van der Waals surface area contributed by atoms with E-state index in [0.29, 0.717) is 0 Å². The molecule has 2 heterocycles. The second-order valence-corrected chi connectivity index (χ2v) is 8.41. The van der Waals surface area contributed by atoms with Gasteiger partial charge in [0.25, 0.3) is 0 Å². The molecule has 2 unspecified atom stereocenters. The molecule has 26 heavy (non-hydrogen) atoms. The van der Waals surface area contributed by atoms with Crippen LogP contribution in [-0.4, -0.2) is 62.6 Å². The summed E-state index contributed by atoms with van der Waals surface area (Å²) < 4.78 is 23.9. The molecule has 1 aromatic rings. The molecule has 0 aromatic heterocycles. The van der Waals surface area contributed by atoms with Gasteiger partial charge in [-0.25, -0.2) is 0 Å². The van der Waals surface area contributed by atoms with E-state index in [-0.39, 0.29) is 12.1 Å². The summed E-state index contributed by atoms with van der Waals surface area (Å²) in [6.45, 7) is 0.951. The van der Waals surface area contributed by atoms with Crippen LogP contribution in [0, 0.1) is 0 Å². The minimum atomic E-state index is -0.975. The predicted molar refractivity (Wildman–Crippen MR) is 98.3 cm³/mol. The van der Waals surface area contributed by atoms with Gasteiger partial charge in [-0.3, -0.25) is 0 Å². The summed E-state index contributed by atoms with van der Waals surface area (Å²) in [6.07, 6.45) is 5.44. The van der Waals surface area contributed by atoms with E-state index in [1.54, 1.807) is 21.3 Å². The van der Waals surface area contributed by atoms with Gasteiger partial charge in [-0.05, 0) is 44.1 Å². The van der Waals surface area contributed by atoms with Crippen molar-refractivity contribution >= 4 is 11.6 Å². The van der Waals surface area contributed by atoms with Gasteiger partial charge in [0.05, 0.1) is 17.4 Å². The van der Waals surface area contributed by atoms with Crippen LogP contribution in [0.25, 0.3) is 0 Å². The van der Waals surface area contributed by atoms with Gasteiger partial charge in [0.15, 0.2) is 17.6 Å². The summed E-state index contributed by atoms with van der Waals surface area (Å²) in [6, 6.07) is 4.35. The van der Waals surface area contributed by atoms with Crippen LogP contribution in [-0.2, 0) is 21.3 Å². The van der Waals surface area contributed by atoms with E-state index in [9.17, 15) is 0 Å². The number of piperidine rings is 1. The van der Waals surface area contributed by atoms with Gasteiger partial charge >= 0.3 is 0 Å². The van der Waals surface area contributed by atoms with Gasteiger partial charge in [0, 0.05) is 25.8 Å². The Labute approximate surface area is 158 Å². The second kappa shape index (κ2) is 5.16. The average molecular weight is 378 g/mol. The van der Waals surface area contributed by atoms with Crippen LogP contribution in [0.15, 0.2) is 24.3 Å². The average Bonchev–Trinajstić information content (AvgIpc) is 3.01. The van der Waals surface area contributed by atoms with Crippen molar-refractivity contribution in [2.45, 2.75) is 41.1 Å². The molecular formula is C20H24ClNO4. The van der Waals surface area contributed by atoms with E-state index in [1.165, 1.54) is 11.1 Å². The standard InChI is InChI=1S/C20H24ClNO4/c1-22-10-9-18-15-12-5-6-13(23-2)16(15)26-17(18)20(24-3,25-4)8-7-19(18,21)14(22)11-12/h5-8,14,17H,9-11H2,1-4H3/t14-,17?,18+,19?/m1/s1. The smallest absolute Gasteiger partial charge is 0.226 e. The maximum Gasteiger partial charge on any atom is 0.226 e. The summed E-state index contributed by atoms with van der Waals surface area (Å²) in [4.78, 5) is 1.80. The number of likely N-dealkylation sites (N-methyl/N-ethyl adjacent to an activating group) is 1. The molecule has 1 aromatic carbocycles. The Morgan fingerprint density at radius 3 is 2.65 bits per heavy atom. The molecule has 1 fully saturated rings. The zero-order valence-corrected chi connectivity index (χ0v) is 16.3. The highest BCUT2D eigenvalue weighted by Gasteiger charge is 2.74. The zero-order valence-electron chi connectivity index (χ0n) is 15.5. The molecule has 0 amide bonds. The Kier molecular flexibility index (Phi) is 3.35. The monoisotopic (exact) mass is 377 g/mol. The Bertz CT molecular complexity index is 807. The van der Waals surface area contributed by atoms with Crippen LogP contribution >= 0.6 is 11.6 Å². The van der Waals surface area contributed by atoms with Crippen molar-refractivity contribution in [3.63, 3.8) is 0 Å². The molecule has 6 heteroatoms. The van der Waals surface area contributed by atoms with E-state index in [0.717, 1.165) is 30.9 Å². The minimum Gasteiger partial charge on any atom is -0.493 e. The lowest BCUT2D eigenvalue weighted by Crippen LogP contribution is -2.75. The molecule has 2 aliphatic heterocycles. The summed E-state index contributed by atoms with van der Waals surface area (Å²) in [5, 5.41) is 0. The molecule has 1 saturated heterocycles. The molecule has 0 N–H and O–H groups in total. The Balaban J connectivity index is 1.86. The maximum absolute atomic E-state index is 7.46. The van der Waals surface area contributed by atoms with E-state index >= 15 is 0 Å². The molecule has 5 rings (SSSR count). The van der Waals surface area contributed by atoms with Gasteiger partial charge in [-0.15, -0.1) is 11.6 Å². The Morgan fingerprint density at radius 2 is 1.96 bits per heavy atom. The number of ether oxygens (including phenoxy) is 4. The fraction of sp³-hybridized carbons (Fsp3) is 0.600. The van der Waals surface area contributed by atoms with E-state index in [1.807, 2.05) is 12.1 Å². The first kappa shape index (κ1) is 16.9. The number of nitrogens with zero attached hydrogens (tertiary/aromatic N) is 1. The van der Waals surface area contributed by atoms with Gasteiger partial charge in [-0.1, -0.05) is 12.1 Å². The summed E-state index contributed by atoms with van der Waals surface area (Å²) in [5.74, 6) is 0.563. The number of benzene rings is 1. The van der Waals surface area contributed by atoms with Crippen LogP contribution in [0.1, 0.15) is 17.5 Å². The minimum absolute atomic E-state index is 0.193. The highest BCUT2D eigenvalue weighted by atomic mass is 35.5. The number of likely N-dealkylation sites (tertiary alicyclic amines) is 1. The third-order valence-electron chi connectivity index (χ3n) is 7.09. The van der Waals surface area contributed by atoms with Crippen molar-refractivity contribution in [3.8, 4) is 11.5 Å². The van der Waals surface area contributed by atoms with Crippen LogP contribution in [0.4, 0.5) is 0 Å². The molecule has 2 aliphatic carbocycles. The van der Waals surface area contributed by atoms with E-state index in [2.05, 4.69) is 24.1 Å². The highest BCUT2D eigenvalue weighted by molar-refractivity contribution is 6.27. The fourth-order valence-corrected chi connectivity index (χ4v) is 6.41. The Morgan fingerprint density at radius 1 is 1.19 bits per heavy atom. The van der Waals surface area contributed by atoms with Crippen LogP contribution < -0.4 is 9.47 Å². The van der Waals surface area contributed by atoms with Crippen molar-refractivity contribution in [2.24, 2.45) is 0 Å². The first-order valence-electron chi connectivity index (χ1n) is 9.04. The zero-order chi connectivity index (χ0) is 18.3. The normalized spacial score (nSPS) is 38.7. The largest absolute Gasteiger partial charge is 0.493 e.